The molecule has 0 aromatic carbocycles. The van der Waals surface area contributed by atoms with E-state index in [0.717, 1.165) is 31.2 Å². The summed E-state index contributed by atoms with van der Waals surface area (Å²) in [6, 6.07) is 1.45. The van der Waals surface area contributed by atoms with E-state index in [9.17, 15) is 14.7 Å². The van der Waals surface area contributed by atoms with Crippen LogP contribution in [0.3, 0.4) is 0 Å². The van der Waals surface area contributed by atoms with Crippen molar-refractivity contribution in [2.75, 3.05) is 26.7 Å². The highest BCUT2D eigenvalue weighted by molar-refractivity contribution is 5.97. The fourth-order valence-electron chi connectivity index (χ4n) is 4.64. The van der Waals surface area contributed by atoms with E-state index in [-0.39, 0.29) is 48.3 Å². The number of hydrogen-bond acceptors (Lipinski definition) is 5. The molecule has 7 heteroatoms. The Hall–Kier alpha value is -2.41. The summed E-state index contributed by atoms with van der Waals surface area (Å²) in [4.78, 5) is 34.3. The van der Waals surface area contributed by atoms with E-state index in [1.54, 1.807) is 22.1 Å². The van der Waals surface area contributed by atoms with Crippen molar-refractivity contribution in [1.82, 2.24) is 14.8 Å². The van der Waals surface area contributed by atoms with Crippen LogP contribution in [0.5, 0.6) is 5.88 Å². The van der Waals surface area contributed by atoms with Crippen molar-refractivity contribution in [2.24, 2.45) is 11.8 Å². The number of aromatic nitrogens is 1. The third-order valence-corrected chi connectivity index (χ3v) is 6.69. The molecule has 0 spiro atoms. The summed E-state index contributed by atoms with van der Waals surface area (Å²) in [5.41, 5.74) is 1.20. The number of carbonyl (C=O) groups is 2. The first-order valence-corrected chi connectivity index (χ1v) is 11.8. The molecule has 2 amide bonds. The van der Waals surface area contributed by atoms with Crippen LogP contribution in [0.2, 0.25) is 0 Å². The molecule has 2 heterocycles. The fourth-order valence-corrected chi connectivity index (χ4v) is 4.64. The van der Waals surface area contributed by atoms with Gasteiger partial charge in [0.25, 0.3) is 5.91 Å². The van der Waals surface area contributed by atoms with Gasteiger partial charge in [0.1, 0.15) is 11.7 Å². The van der Waals surface area contributed by atoms with Crippen molar-refractivity contribution in [2.45, 2.75) is 65.0 Å². The lowest BCUT2D eigenvalue weighted by molar-refractivity contribution is -0.136. The van der Waals surface area contributed by atoms with E-state index in [0.29, 0.717) is 18.7 Å². The number of ether oxygens (including phenoxy) is 1. The van der Waals surface area contributed by atoms with Gasteiger partial charge in [-0.25, -0.2) is 4.98 Å². The molecule has 0 radical (unpaired) electrons. The maximum atomic E-state index is 13.3. The lowest BCUT2D eigenvalue weighted by Crippen LogP contribution is -2.51. The minimum absolute atomic E-state index is 0.0419. The minimum Gasteiger partial charge on any atom is -0.472 e. The summed E-state index contributed by atoms with van der Waals surface area (Å²) in [7, 11) is 1.84. The molecule has 1 aliphatic heterocycles. The third kappa shape index (κ3) is 5.49. The smallest absolute Gasteiger partial charge is 0.259 e. The van der Waals surface area contributed by atoms with Crippen molar-refractivity contribution in [3.63, 3.8) is 0 Å². The van der Waals surface area contributed by atoms with Crippen LogP contribution in [-0.2, 0) is 4.79 Å². The van der Waals surface area contributed by atoms with Crippen LogP contribution in [0.1, 0.15) is 68.8 Å². The molecular formula is C25H37N3O4. The molecule has 0 saturated heterocycles. The van der Waals surface area contributed by atoms with Crippen LogP contribution in [0.25, 0.3) is 6.08 Å². The molecular weight excluding hydrogens is 406 g/mol. The normalized spacial score (nSPS) is 23.3. The average molecular weight is 444 g/mol. The highest BCUT2D eigenvalue weighted by atomic mass is 16.5. The molecule has 1 aliphatic carbocycles. The quantitative estimate of drug-likeness (QED) is 0.729. The molecule has 176 valence electrons. The van der Waals surface area contributed by atoms with Gasteiger partial charge in [-0.15, -0.1) is 0 Å². The summed E-state index contributed by atoms with van der Waals surface area (Å²) in [5, 5.41) is 9.76. The number of hydrogen-bond donors (Lipinski definition) is 1. The Kier molecular flexibility index (Phi) is 8.29. The number of amides is 2. The molecule has 1 saturated carbocycles. The second-order valence-corrected chi connectivity index (χ2v) is 9.30. The Morgan fingerprint density at radius 3 is 2.75 bits per heavy atom. The Morgan fingerprint density at radius 2 is 2.09 bits per heavy atom. The van der Waals surface area contributed by atoms with Crippen molar-refractivity contribution in [3.8, 4) is 5.88 Å². The van der Waals surface area contributed by atoms with Gasteiger partial charge in [-0.1, -0.05) is 38.3 Å². The standard InChI is InChI=1S/C25H37N3O4/c1-5-9-19-12-21-23(26-13-19)32-22(17(2)14-28(25(21)31)18(3)16-29)15-27(4)24(30)20-10-7-6-8-11-20/h5,9,12-13,17-18,20,22,29H,6-8,10-11,14-16H2,1-4H3/b9-5+/t17-,18-,22-/m1/s1. The molecule has 1 fully saturated rings. The van der Waals surface area contributed by atoms with Crippen LogP contribution in [0.15, 0.2) is 18.3 Å². The van der Waals surface area contributed by atoms with Crippen molar-refractivity contribution >= 4 is 17.9 Å². The second kappa shape index (κ2) is 10.9. The topological polar surface area (TPSA) is 83.0 Å². The first-order valence-electron chi connectivity index (χ1n) is 11.8. The molecule has 1 N–H and O–H groups in total. The molecule has 32 heavy (non-hydrogen) atoms. The zero-order chi connectivity index (χ0) is 23.3. The molecule has 7 nitrogen and oxygen atoms in total. The highest BCUT2D eigenvalue weighted by Crippen LogP contribution is 2.29. The maximum Gasteiger partial charge on any atom is 0.259 e. The van der Waals surface area contributed by atoms with Gasteiger partial charge in [0.2, 0.25) is 11.8 Å². The van der Waals surface area contributed by atoms with Gasteiger partial charge in [0.05, 0.1) is 19.2 Å². The number of nitrogens with zero attached hydrogens (tertiary/aromatic N) is 3. The average Bonchev–Trinajstić information content (AvgIpc) is 2.81. The number of pyridine rings is 1. The number of aliphatic hydroxyl groups excluding tert-OH is 1. The molecule has 3 atom stereocenters. The number of likely N-dealkylation sites (N-methyl/N-ethyl adjacent to an activating group) is 1. The van der Waals surface area contributed by atoms with Gasteiger partial charge in [0.15, 0.2) is 0 Å². The van der Waals surface area contributed by atoms with Crippen LogP contribution in [0.4, 0.5) is 0 Å². The fraction of sp³-hybridized carbons (Fsp3) is 0.640. The van der Waals surface area contributed by atoms with E-state index < -0.39 is 0 Å². The summed E-state index contributed by atoms with van der Waals surface area (Å²) in [6.45, 7) is 6.51. The van der Waals surface area contributed by atoms with Gasteiger partial charge < -0.3 is 19.6 Å². The van der Waals surface area contributed by atoms with Crippen LogP contribution < -0.4 is 4.74 Å². The van der Waals surface area contributed by atoms with E-state index in [1.807, 2.05) is 40.0 Å². The first-order chi connectivity index (χ1) is 15.3. The number of aliphatic hydroxyl groups is 1. The molecule has 2 aliphatic rings. The number of allylic oxidation sites excluding steroid dienone is 1. The summed E-state index contributed by atoms with van der Waals surface area (Å²) in [6.07, 6.45) is 10.5. The lowest BCUT2D eigenvalue weighted by atomic mass is 9.88. The summed E-state index contributed by atoms with van der Waals surface area (Å²) >= 11 is 0. The molecule has 0 bridgehead atoms. The number of carbonyl (C=O) groups excluding carboxylic acids is 2. The second-order valence-electron chi connectivity index (χ2n) is 9.30. The first kappa shape index (κ1) is 24.2. The molecule has 1 aromatic heterocycles. The van der Waals surface area contributed by atoms with Crippen LogP contribution in [-0.4, -0.2) is 70.6 Å². The van der Waals surface area contributed by atoms with Gasteiger partial charge in [-0.2, -0.15) is 0 Å². The minimum atomic E-state index is -0.330. The largest absolute Gasteiger partial charge is 0.472 e. The zero-order valence-corrected chi connectivity index (χ0v) is 19.8. The zero-order valence-electron chi connectivity index (χ0n) is 19.8. The summed E-state index contributed by atoms with van der Waals surface area (Å²) in [5.74, 6) is 0.320. The van der Waals surface area contributed by atoms with Crippen molar-refractivity contribution in [1.29, 1.82) is 0 Å². The Labute approximate surface area is 191 Å². The highest BCUT2D eigenvalue weighted by Gasteiger charge is 2.35. The molecule has 3 rings (SSSR count). The monoisotopic (exact) mass is 443 g/mol. The molecule has 1 aromatic rings. The number of fused-ring (bicyclic) bond motifs is 1. The van der Waals surface area contributed by atoms with Crippen LogP contribution >= 0.6 is 0 Å². The predicted molar refractivity (Wildman–Crippen MR) is 124 cm³/mol. The lowest BCUT2D eigenvalue weighted by Gasteiger charge is -2.38. The number of rotatable bonds is 6. The Morgan fingerprint density at radius 1 is 1.38 bits per heavy atom. The Balaban J connectivity index is 1.88. The van der Waals surface area contributed by atoms with Gasteiger partial charge in [-0.3, -0.25) is 9.59 Å². The van der Waals surface area contributed by atoms with Gasteiger partial charge in [0, 0.05) is 31.6 Å². The Bertz CT molecular complexity index is 834. The molecule has 0 unspecified atom stereocenters. The van der Waals surface area contributed by atoms with Crippen molar-refractivity contribution < 1.29 is 19.4 Å². The van der Waals surface area contributed by atoms with Gasteiger partial charge >= 0.3 is 0 Å². The maximum absolute atomic E-state index is 13.3. The van der Waals surface area contributed by atoms with Gasteiger partial charge in [-0.05, 0) is 38.3 Å². The van der Waals surface area contributed by atoms with E-state index in [1.165, 1.54) is 6.42 Å². The van der Waals surface area contributed by atoms with E-state index in [2.05, 4.69) is 4.98 Å². The van der Waals surface area contributed by atoms with Crippen molar-refractivity contribution in [3.05, 3.63) is 29.5 Å². The van der Waals surface area contributed by atoms with E-state index >= 15 is 0 Å². The predicted octanol–water partition coefficient (Wildman–Crippen LogP) is 3.37. The SMILES string of the molecule is C/C=C/c1cnc2c(c1)C(=O)N([C@H](C)CO)C[C@@H](C)[C@@H](CN(C)C(=O)C1CCCCC1)O2. The van der Waals surface area contributed by atoms with E-state index in [4.69, 9.17) is 4.74 Å². The van der Waals surface area contributed by atoms with Crippen LogP contribution in [0, 0.1) is 11.8 Å². The summed E-state index contributed by atoms with van der Waals surface area (Å²) < 4.78 is 6.28. The third-order valence-electron chi connectivity index (χ3n) is 6.69.